The average Bonchev–Trinajstić information content (AvgIpc) is 2.50. The number of benzene rings is 1. The van der Waals surface area contributed by atoms with Crippen LogP contribution in [0.4, 0.5) is 10.2 Å². The fourth-order valence-electron chi connectivity index (χ4n) is 1.07. The van der Waals surface area contributed by atoms with Gasteiger partial charge in [0.05, 0.1) is 4.88 Å². The number of hydrogen-bond donors (Lipinski definition) is 1. The second-order valence-corrected chi connectivity index (χ2v) is 3.87. The summed E-state index contributed by atoms with van der Waals surface area (Å²) in [7, 11) is 0. The Bertz CT molecular complexity index is 452. The van der Waals surface area contributed by atoms with Crippen molar-refractivity contribution in [2.24, 2.45) is 0 Å². The van der Waals surface area contributed by atoms with Crippen molar-refractivity contribution in [3.8, 4) is 10.4 Å². The number of nitrogens with zero attached hydrogens (tertiary/aromatic N) is 1. The molecule has 1 aromatic heterocycles. The number of nitrogens with two attached hydrogens (primary N) is 1. The van der Waals surface area contributed by atoms with Gasteiger partial charge in [0.2, 0.25) is 0 Å². The number of nitrogen functional groups attached to an aromatic ring is 1. The Balaban J connectivity index is 2.49. The SMILES string of the molecule is Nc1nsc(-c2ccc(F)cc2)c1Cl. The first kappa shape index (κ1) is 9.43. The Hall–Kier alpha value is -1.13. The summed E-state index contributed by atoms with van der Waals surface area (Å²) in [6.07, 6.45) is 0. The highest BCUT2D eigenvalue weighted by molar-refractivity contribution is 7.10. The molecule has 14 heavy (non-hydrogen) atoms. The van der Waals surface area contributed by atoms with Gasteiger partial charge in [0.25, 0.3) is 0 Å². The van der Waals surface area contributed by atoms with E-state index in [4.69, 9.17) is 17.3 Å². The summed E-state index contributed by atoms with van der Waals surface area (Å²) in [6.45, 7) is 0. The van der Waals surface area contributed by atoms with Gasteiger partial charge in [-0.1, -0.05) is 23.7 Å². The Morgan fingerprint density at radius 2 is 1.93 bits per heavy atom. The van der Waals surface area contributed by atoms with Crippen LogP contribution < -0.4 is 5.73 Å². The van der Waals surface area contributed by atoms with E-state index in [2.05, 4.69) is 4.37 Å². The molecule has 0 aliphatic heterocycles. The highest BCUT2D eigenvalue weighted by Crippen LogP contribution is 2.35. The lowest BCUT2D eigenvalue weighted by molar-refractivity contribution is 0.628. The van der Waals surface area contributed by atoms with Crippen molar-refractivity contribution in [2.75, 3.05) is 5.73 Å². The van der Waals surface area contributed by atoms with E-state index in [-0.39, 0.29) is 5.82 Å². The third-order valence-corrected chi connectivity index (χ3v) is 3.17. The van der Waals surface area contributed by atoms with Crippen molar-refractivity contribution in [3.05, 3.63) is 35.1 Å². The number of hydrogen-bond acceptors (Lipinski definition) is 3. The quantitative estimate of drug-likeness (QED) is 0.814. The maximum absolute atomic E-state index is 12.6. The van der Waals surface area contributed by atoms with E-state index >= 15 is 0 Å². The van der Waals surface area contributed by atoms with Crippen LogP contribution in [0, 0.1) is 5.82 Å². The van der Waals surface area contributed by atoms with E-state index in [0.717, 1.165) is 10.4 Å². The Morgan fingerprint density at radius 1 is 1.29 bits per heavy atom. The fourth-order valence-corrected chi connectivity index (χ4v) is 2.08. The van der Waals surface area contributed by atoms with Crippen LogP contribution in [0.15, 0.2) is 24.3 Å². The molecule has 0 unspecified atom stereocenters. The molecule has 0 fully saturated rings. The van der Waals surface area contributed by atoms with E-state index in [1.807, 2.05) is 0 Å². The lowest BCUT2D eigenvalue weighted by atomic mass is 10.2. The first-order chi connectivity index (χ1) is 6.68. The van der Waals surface area contributed by atoms with Crippen molar-refractivity contribution in [2.45, 2.75) is 0 Å². The van der Waals surface area contributed by atoms with Gasteiger partial charge in [0, 0.05) is 0 Å². The van der Waals surface area contributed by atoms with Crippen molar-refractivity contribution < 1.29 is 4.39 Å². The third-order valence-electron chi connectivity index (χ3n) is 1.77. The van der Waals surface area contributed by atoms with Gasteiger partial charge in [-0.15, -0.1) is 0 Å². The van der Waals surface area contributed by atoms with Crippen molar-refractivity contribution >= 4 is 29.0 Å². The first-order valence-electron chi connectivity index (χ1n) is 3.85. The maximum atomic E-state index is 12.6. The minimum atomic E-state index is -0.276. The van der Waals surface area contributed by atoms with E-state index in [0.29, 0.717) is 10.8 Å². The molecule has 0 spiro atoms. The molecule has 2 rings (SSSR count). The van der Waals surface area contributed by atoms with Gasteiger partial charge in [-0.3, -0.25) is 0 Å². The Morgan fingerprint density at radius 3 is 2.43 bits per heavy atom. The van der Waals surface area contributed by atoms with Crippen LogP contribution in [0.1, 0.15) is 0 Å². The summed E-state index contributed by atoms with van der Waals surface area (Å²) in [5.41, 5.74) is 6.33. The lowest BCUT2D eigenvalue weighted by Crippen LogP contribution is -1.83. The van der Waals surface area contributed by atoms with Crippen LogP contribution in [0.5, 0.6) is 0 Å². The predicted molar refractivity (Wildman–Crippen MR) is 56.9 cm³/mol. The van der Waals surface area contributed by atoms with Gasteiger partial charge in [-0.25, -0.2) is 4.39 Å². The Labute approximate surface area is 89.3 Å². The molecular weight excluding hydrogens is 223 g/mol. The lowest BCUT2D eigenvalue weighted by Gasteiger charge is -1.96. The summed E-state index contributed by atoms with van der Waals surface area (Å²) >= 11 is 7.12. The number of halogens is 2. The minimum Gasteiger partial charge on any atom is -0.382 e. The maximum Gasteiger partial charge on any atom is 0.156 e. The second-order valence-electron chi connectivity index (χ2n) is 2.72. The zero-order valence-electron chi connectivity index (χ0n) is 7.00. The van der Waals surface area contributed by atoms with Gasteiger partial charge < -0.3 is 5.73 Å². The summed E-state index contributed by atoms with van der Waals surface area (Å²) in [4.78, 5) is 0.768. The zero-order valence-corrected chi connectivity index (χ0v) is 8.57. The predicted octanol–water partition coefficient (Wildman–Crippen LogP) is 3.18. The number of aromatic nitrogens is 1. The van der Waals surface area contributed by atoms with Crippen LogP contribution in [-0.2, 0) is 0 Å². The standard InChI is InChI=1S/C9H6ClFN2S/c10-7-8(14-13-9(7)12)5-1-3-6(11)4-2-5/h1-4H,(H2,12,13). The monoisotopic (exact) mass is 228 g/mol. The molecule has 2 N–H and O–H groups in total. The number of anilines is 1. The molecule has 0 aliphatic rings. The van der Waals surface area contributed by atoms with Crippen LogP contribution in [0.3, 0.4) is 0 Å². The summed E-state index contributed by atoms with van der Waals surface area (Å²) < 4.78 is 16.5. The molecule has 0 saturated heterocycles. The molecule has 0 saturated carbocycles. The van der Waals surface area contributed by atoms with Crippen molar-refractivity contribution in [1.82, 2.24) is 4.37 Å². The molecule has 72 valence electrons. The van der Waals surface area contributed by atoms with E-state index in [1.165, 1.54) is 23.7 Å². The molecule has 0 radical (unpaired) electrons. The largest absolute Gasteiger partial charge is 0.382 e. The van der Waals surface area contributed by atoms with E-state index < -0.39 is 0 Å². The van der Waals surface area contributed by atoms with Crippen LogP contribution in [0.2, 0.25) is 5.02 Å². The summed E-state index contributed by atoms with van der Waals surface area (Å²) in [6, 6.07) is 6.05. The van der Waals surface area contributed by atoms with Crippen molar-refractivity contribution in [1.29, 1.82) is 0 Å². The van der Waals surface area contributed by atoms with E-state index in [9.17, 15) is 4.39 Å². The van der Waals surface area contributed by atoms with Gasteiger partial charge in [-0.05, 0) is 29.2 Å². The highest BCUT2D eigenvalue weighted by atomic mass is 35.5. The Kier molecular flexibility index (Phi) is 2.39. The van der Waals surface area contributed by atoms with Crippen LogP contribution in [-0.4, -0.2) is 4.37 Å². The second kappa shape index (κ2) is 3.55. The average molecular weight is 229 g/mol. The fraction of sp³-hybridized carbons (Fsp3) is 0. The zero-order chi connectivity index (χ0) is 10.1. The van der Waals surface area contributed by atoms with E-state index in [1.54, 1.807) is 12.1 Å². The smallest absolute Gasteiger partial charge is 0.156 e. The third kappa shape index (κ3) is 1.58. The summed E-state index contributed by atoms with van der Waals surface area (Å²) in [5, 5.41) is 0.432. The normalized spacial score (nSPS) is 10.4. The molecule has 1 aromatic carbocycles. The highest BCUT2D eigenvalue weighted by Gasteiger charge is 2.10. The molecule has 0 amide bonds. The molecule has 0 atom stereocenters. The molecule has 0 bridgehead atoms. The van der Waals surface area contributed by atoms with Gasteiger partial charge in [0.15, 0.2) is 5.82 Å². The molecule has 1 heterocycles. The van der Waals surface area contributed by atoms with Crippen LogP contribution in [0.25, 0.3) is 10.4 Å². The molecule has 2 aromatic rings. The van der Waals surface area contributed by atoms with Crippen molar-refractivity contribution in [3.63, 3.8) is 0 Å². The number of rotatable bonds is 1. The molecular formula is C9H6ClFN2S. The first-order valence-corrected chi connectivity index (χ1v) is 5.00. The molecule has 2 nitrogen and oxygen atoms in total. The van der Waals surface area contributed by atoms with Gasteiger partial charge >= 0.3 is 0 Å². The summed E-state index contributed by atoms with van der Waals surface area (Å²) in [5.74, 6) is 0.0401. The van der Waals surface area contributed by atoms with Gasteiger partial charge in [-0.2, -0.15) is 4.37 Å². The van der Waals surface area contributed by atoms with Crippen LogP contribution >= 0.6 is 23.1 Å². The topological polar surface area (TPSA) is 38.9 Å². The van der Waals surface area contributed by atoms with Gasteiger partial charge in [0.1, 0.15) is 10.8 Å². The molecule has 5 heteroatoms. The molecule has 0 aliphatic carbocycles. The minimum absolute atomic E-state index is 0.276.